The van der Waals surface area contributed by atoms with Crippen LogP contribution in [0.2, 0.25) is 5.15 Å². The quantitative estimate of drug-likeness (QED) is 0.558. The van der Waals surface area contributed by atoms with Gasteiger partial charge in [0.25, 0.3) is 0 Å². The third kappa shape index (κ3) is 6.40. The number of aromatic nitrogens is 2. The summed E-state index contributed by atoms with van der Waals surface area (Å²) >= 11 is 6.09. The summed E-state index contributed by atoms with van der Waals surface area (Å²) < 4.78 is 38.3. The predicted molar refractivity (Wildman–Crippen MR) is 117 cm³/mol. The normalized spacial score (nSPS) is 17.7. The number of likely N-dealkylation sites (N-methyl/N-ethyl adjacent to an activating group) is 1. The van der Waals surface area contributed by atoms with Gasteiger partial charge in [0.1, 0.15) is 10.8 Å². The summed E-state index contributed by atoms with van der Waals surface area (Å²) in [7, 11) is 1.58. The van der Waals surface area contributed by atoms with Crippen LogP contribution >= 0.6 is 11.6 Å². The number of carbonyl (C=O) groups excluding carboxylic acids is 1. The molecule has 9 heteroatoms. The average Bonchev–Trinajstić information content (AvgIpc) is 2.79. The monoisotopic (exact) mass is 464 g/mol. The number of nitrogens with zero attached hydrogens (tertiary/aromatic N) is 2. The van der Waals surface area contributed by atoms with Crippen LogP contribution < -0.4 is 10.6 Å². The van der Waals surface area contributed by atoms with Crippen molar-refractivity contribution in [1.82, 2.24) is 20.6 Å². The van der Waals surface area contributed by atoms with Gasteiger partial charge in [-0.2, -0.15) is 13.2 Å². The molecular weight excluding hydrogens is 441 g/mol. The van der Waals surface area contributed by atoms with Gasteiger partial charge < -0.3 is 5.32 Å². The number of halogens is 4. The molecule has 0 saturated carbocycles. The van der Waals surface area contributed by atoms with Crippen molar-refractivity contribution >= 4 is 17.5 Å². The summed E-state index contributed by atoms with van der Waals surface area (Å²) in [6, 6.07) is 6.77. The van der Waals surface area contributed by atoms with E-state index in [2.05, 4.69) is 20.6 Å². The molecule has 2 aromatic rings. The van der Waals surface area contributed by atoms with E-state index in [0.29, 0.717) is 35.7 Å². The fourth-order valence-corrected chi connectivity index (χ4v) is 3.77. The van der Waals surface area contributed by atoms with Crippen LogP contribution in [0.15, 0.2) is 60.8 Å². The van der Waals surface area contributed by atoms with E-state index in [1.807, 2.05) is 30.4 Å². The number of hydrogen-bond acceptors (Lipinski definition) is 4. The van der Waals surface area contributed by atoms with Gasteiger partial charge in [0.2, 0.25) is 5.91 Å². The molecule has 170 valence electrons. The van der Waals surface area contributed by atoms with Gasteiger partial charge >= 0.3 is 6.18 Å². The van der Waals surface area contributed by atoms with Crippen LogP contribution in [0.25, 0.3) is 0 Å². The topological polar surface area (TPSA) is 66.9 Å². The number of amides is 1. The van der Waals surface area contributed by atoms with Gasteiger partial charge in [-0.3, -0.25) is 15.1 Å². The Bertz CT molecular complexity index is 976. The Hall–Kier alpha value is -2.71. The van der Waals surface area contributed by atoms with Crippen LogP contribution in [0, 0.1) is 5.92 Å². The zero-order valence-corrected chi connectivity index (χ0v) is 18.2. The van der Waals surface area contributed by atoms with Crippen LogP contribution in [0.5, 0.6) is 0 Å². The molecule has 1 unspecified atom stereocenters. The SMILES string of the molecule is CNC(=O)[C@H](N[C@@H](CCc1ccc(C(F)(F)F)nc1)c1cccc(Cl)n1)C1C=CC=CC1. The highest BCUT2D eigenvalue weighted by atomic mass is 35.5. The predicted octanol–water partition coefficient (Wildman–Crippen LogP) is 4.66. The van der Waals surface area contributed by atoms with Crippen molar-refractivity contribution in [1.29, 1.82) is 0 Å². The molecule has 32 heavy (non-hydrogen) atoms. The maximum absolute atomic E-state index is 12.8. The lowest BCUT2D eigenvalue weighted by Gasteiger charge is -2.29. The number of rotatable bonds is 8. The second-order valence-electron chi connectivity index (χ2n) is 7.50. The number of nitrogens with one attached hydrogen (secondary N) is 2. The van der Waals surface area contributed by atoms with Crippen molar-refractivity contribution in [3.05, 3.63) is 82.9 Å². The summed E-state index contributed by atoms with van der Waals surface area (Å²) in [5.41, 5.74) is 0.384. The van der Waals surface area contributed by atoms with Crippen molar-refractivity contribution < 1.29 is 18.0 Å². The molecule has 1 aliphatic rings. The third-order valence-electron chi connectivity index (χ3n) is 5.28. The van der Waals surface area contributed by atoms with Gasteiger partial charge in [-0.25, -0.2) is 4.98 Å². The highest BCUT2D eigenvalue weighted by Crippen LogP contribution is 2.28. The molecule has 1 amide bonds. The van der Waals surface area contributed by atoms with Crippen LogP contribution in [-0.2, 0) is 17.4 Å². The van der Waals surface area contributed by atoms with Gasteiger partial charge in [0, 0.05) is 19.2 Å². The van der Waals surface area contributed by atoms with Gasteiger partial charge in [-0.05, 0) is 43.0 Å². The lowest BCUT2D eigenvalue weighted by molar-refractivity contribution is -0.141. The van der Waals surface area contributed by atoms with Crippen molar-refractivity contribution in [2.45, 2.75) is 37.5 Å². The molecule has 0 saturated heterocycles. The zero-order chi connectivity index (χ0) is 23.1. The third-order valence-corrected chi connectivity index (χ3v) is 5.49. The Kier molecular flexibility index (Phi) is 8.04. The van der Waals surface area contributed by atoms with E-state index in [0.717, 1.165) is 6.07 Å². The number of aryl methyl sites for hydroxylation is 1. The first-order valence-electron chi connectivity index (χ1n) is 10.2. The first-order chi connectivity index (χ1) is 15.3. The summed E-state index contributed by atoms with van der Waals surface area (Å²) in [4.78, 5) is 20.6. The lowest BCUT2D eigenvalue weighted by Crippen LogP contribution is -2.49. The molecule has 0 bridgehead atoms. The molecule has 0 aromatic carbocycles. The summed E-state index contributed by atoms with van der Waals surface area (Å²) in [5.74, 6) is -0.201. The minimum absolute atomic E-state index is 0.0469. The Morgan fingerprint density at radius 1 is 1.25 bits per heavy atom. The lowest BCUT2D eigenvalue weighted by atomic mass is 9.90. The van der Waals surface area contributed by atoms with Crippen LogP contribution in [0.1, 0.15) is 35.8 Å². The highest BCUT2D eigenvalue weighted by molar-refractivity contribution is 6.29. The Morgan fingerprint density at radius 2 is 2.06 bits per heavy atom. The molecule has 5 nitrogen and oxygen atoms in total. The van der Waals surface area contributed by atoms with E-state index in [9.17, 15) is 18.0 Å². The van der Waals surface area contributed by atoms with E-state index in [1.54, 1.807) is 19.2 Å². The molecule has 2 aromatic heterocycles. The maximum Gasteiger partial charge on any atom is 0.433 e. The minimum Gasteiger partial charge on any atom is -0.358 e. The molecule has 3 atom stereocenters. The van der Waals surface area contributed by atoms with E-state index < -0.39 is 17.9 Å². The molecule has 2 heterocycles. The fourth-order valence-electron chi connectivity index (χ4n) is 3.60. The highest BCUT2D eigenvalue weighted by Gasteiger charge is 2.32. The molecular formula is C23H24ClF3N4O. The van der Waals surface area contributed by atoms with Gasteiger partial charge in [0.05, 0.1) is 17.8 Å². The van der Waals surface area contributed by atoms with Crippen molar-refractivity contribution in [2.24, 2.45) is 5.92 Å². The minimum atomic E-state index is -4.48. The number of alkyl halides is 3. The molecule has 1 aliphatic carbocycles. The summed E-state index contributed by atoms with van der Waals surface area (Å²) in [6.45, 7) is 0. The van der Waals surface area contributed by atoms with Crippen LogP contribution in [0.3, 0.4) is 0 Å². The zero-order valence-electron chi connectivity index (χ0n) is 17.4. The van der Waals surface area contributed by atoms with E-state index in [4.69, 9.17) is 11.6 Å². The van der Waals surface area contributed by atoms with E-state index in [-0.39, 0.29) is 17.9 Å². The molecule has 0 spiro atoms. The van der Waals surface area contributed by atoms with E-state index >= 15 is 0 Å². The standard InChI is InChI=1S/C23H24ClF3N4O/c1-28-22(32)21(16-6-3-2-4-7-16)31-18(17-8-5-9-20(24)30-17)12-10-15-11-13-19(29-14-15)23(25,26)27/h2-6,8-9,11,13-14,16,18,21,31H,7,10,12H2,1H3,(H,28,32)/t16?,18-,21+/m0/s1. The first-order valence-corrected chi connectivity index (χ1v) is 10.6. The molecule has 0 fully saturated rings. The van der Waals surface area contributed by atoms with Crippen molar-refractivity contribution in [2.75, 3.05) is 7.05 Å². The van der Waals surface area contributed by atoms with Crippen molar-refractivity contribution in [3.8, 4) is 0 Å². The Labute approximate surface area is 189 Å². The van der Waals surface area contributed by atoms with Gasteiger partial charge in [-0.1, -0.05) is 48.0 Å². The van der Waals surface area contributed by atoms with Gasteiger partial charge in [0.15, 0.2) is 0 Å². The molecule has 3 rings (SSSR count). The second-order valence-corrected chi connectivity index (χ2v) is 7.88. The smallest absolute Gasteiger partial charge is 0.358 e. The molecule has 0 radical (unpaired) electrons. The number of pyridine rings is 2. The van der Waals surface area contributed by atoms with E-state index in [1.165, 1.54) is 12.3 Å². The Morgan fingerprint density at radius 3 is 2.66 bits per heavy atom. The Balaban J connectivity index is 1.81. The van der Waals surface area contributed by atoms with Gasteiger partial charge in [-0.15, -0.1) is 0 Å². The molecule has 2 N–H and O–H groups in total. The molecule has 0 aliphatic heterocycles. The van der Waals surface area contributed by atoms with Crippen LogP contribution in [0.4, 0.5) is 13.2 Å². The number of carbonyl (C=O) groups is 1. The van der Waals surface area contributed by atoms with Crippen molar-refractivity contribution in [3.63, 3.8) is 0 Å². The average molecular weight is 465 g/mol. The largest absolute Gasteiger partial charge is 0.433 e. The first kappa shape index (κ1) is 23.9. The van der Waals surface area contributed by atoms with Crippen LogP contribution in [-0.4, -0.2) is 29.0 Å². The second kappa shape index (κ2) is 10.7. The number of hydrogen-bond donors (Lipinski definition) is 2. The number of allylic oxidation sites excluding steroid dienone is 3. The summed E-state index contributed by atoms with van der Waals surface area (Å²) in [6.07, 6.45) is 6.22. The maximum atomic E-state index is 12.8. The fraction of sp³-hybridized carbons (Fsp3) is 0.348. The summed E-state index contributed by atoms with van der Waals surface area (Å²) in [5, 5.41) is 6.43.